The molecule has 0 saturated heterocycles. The Labute approximate surface area is 87.9 Å². The van der Waals surface area contributed by atoms with E-state index in [-0.39, 0.29) is 5.41 Å². The number of para-hydroxylation sites is 1. The fourth-order valence-electron chi connectivity index (χ4n) is 3.09. The smallest absolute Gasteiger partial charge is 0.0497 e. The molecule has 2 aromatic rings. The Morgan fingerprint density at radius 1 is 1.27 bits per heavy atom. The second kappa shape index (κ2) is 2.12. The minimum atomic E-state index is 0.258. The Hall–Kier alpha value is -1.28. The minimum absolute atomic E-state index is 0.258. The topological polar surface area (TPSA) is 36.0 Å². The van der Waals surface area contributed by atoms with Crippen molar-refractivity contribution >= 4 is 10.9 Å². The van der Waals surface area contributed by atoms with Crippen LogP contribution in [-0.2, 0) is 5.41 Å². The molecule has 2 fully saturated rings. The normalized spacial score (nSPS) is 36.6. The molecular formula is C13H13NO. The van der Waals surface area contributed by atoms with Crippen LogP contribution in [0.4, 0.5) is 0 Å². The third-order valence-corrected chi connectivity index (χ3v) is 4.39. The summed E-state index contributed by atoms with van der Waals surface area (Å²) < 4.78 is 0. The quantitative estimate of drug-likeness (QED) is 0.764. The van der Waals surface area contributed by atoms with Gasteiger partial charge in [-0.2, -0.15) is 0 Å². The molecule has 0 aliphatic heterocycles. The fraction of sp³-hybridized carbons (Fsp3) is 0.385. The molecule has 0 amide bonds. The lowest BCUT2D eigenvalue weighted by molar-refractivity contribution is 0.246. The van der Waals surface area contributed by atoms with Crippen molar-refractivity contribution in [1.82, 2.24) is 4.98 Å². The first-order valence-corrected chi connectivity index (χ1v) is 5.49. The zero-order chi connectivity index (χ0) is 10.1. The van der Waals surface area contributed by atoms with Crippen LogP contribution in [0.15, 0.2) is 30.3 Å². The Morgan fingerprint density at radius 3 is 2.73 bits per heavy atom. The molecule has 0 unspecified atom stereocenters. The number of hydrogen-bond donors (Lipinski definition) is 2. The number of aromatic nitrogens is 1. The highest BCUT2D eigenvalue weighted by molar-refractivity contribution is 5.81. The second-order valence-electron chi connectivity index (χ2n) is 5.14. The molecule has 4 rings (SSSR count). The number of aromatic amines is 1. The fourth-order valence-corrected chi connectivity index (χ4v) is 3.09. The average Bonchev–Trinajstić information content (AvgIpc) is 2.99. The molecule has 1 heterocycles. The first-order valence-electron chi connectivity index (χ1n) is 5.49. The monoisotopic (exact) mass is 199 g/mol. The Bertz CT molecular complexity index is 515. The van der Waals surface area contributed by atoms with Crippen LogP contribution in [-0.4, -0.2) is 16.7 Å². The van der Waals surface area contributed by atoms with Gasteiger partial charge in [0.2, 0.25) is 0 Å². The van der Waals surface area contributed by atoms with Crippen molar-refractivity contribution in [2.24, 2.45) is 5.41 Å². The van der Waals surface area contributed by atoms with Crippen molar-refractivity contribution in [3.8, 4) is 0 Å². The lowest BCUT2D eigenvalue weighted by Crippen LogP contribution is -1.92. The van der Waals surface area contributed by atoms with Crippen LogP contribution in [0.25, 0.3) is 10.9 Å². The van der Waals surface area contributed by atoms with Crippen molar-refractivity contribution in [2.75, 3.05) is 6.61 Å². The molecule has 76 valence electrons. The van der Waals surface area contributed by atoms with Crippen LogP contribution in [0, 0.1) is 5.41 Å². The molecule has 1 aromatic carbocycles. The Morgan fingerprint density at radius 2 is 2.07 bits per heavy atom. The van der Waals surface area contributed by atoms with Gasteiger partial charge in [-0.05, 0) is 30.4 Å². The van der Waals surface area contributed by atoms with E-state index < -0.39 is 0 Å². The lowest BCUT2D eigenvalue weighted by Gasteiger charge is -1.96. The van der Waals surface area contributed by atoms with E-state index in [0.717, 1.165) is 0 Å². The van der Waals surface area contributed by atoms with Gasteiger partial charge in [0.1, 0.15) is 0 Å². The maximum atomic E-state index is 9.29. The van der Waals surface area contributed by atoms with E-state index in [0.29, 0.717) is 12.0 Å². The van der Waals surface area contributed by atoms with Gasteiger partial charge in [0.25, 0.3) is 0 Å². The minimum Gasteiger partial charge on any atom is -0.396 e. The summed E-state index contributed by atoms with van der Waals surface area (Å²) >= 11 is 0. The molecule has 2 saturated carbocycles. The van der Waals surface area contributed by atoms with Crippen LogP contribution in [0.5, 0.6) is 0 Å². The molecule has 2 aliphatic carbocycles. The first kappa shape index (κ1) is 7.94. The summed E-state index contributed by atoms with van der Waals surface area (Å²) in [4.78, 5) is 3.49. The van der Waals surface area contributed by atoms with Gasteiger partial charge in [-0.15, -0.1) is 0 Å². The molecule has 15 heavy (non-hydrogen) atoms. The van der Waals surface area contributed by atoms with Crippen LogP contribution in [0.1, 0.15) is 18.5 Å². The predicted molar refractivity (Wildman–Crippen MR) is 58.7 cm³/mol. The highest BCUT2D eigenvalue weighted by Gasteiger charge is 2.83. The highest BCUT2D eigenvalue weighted by atomic mass is 16.3. The van der Waals surface area contributed by atoms with Gasteiger partial charge in [0.15, 0.2) is 0 Å². The van der Waals surface area contributed by atoms with E-state index in [1.54, 1.807) is 0 Å². The zero-order valence-electron chi connectivity index (χ0n) is 8.46. The van der Waals surface area contributed by atoms with E-state index >= 15 is 0 Å². The third kappa shape index (κ3) is 0.765. The average molecular weight is 199 g/mol. The summed E-state index contributed by atoms with van der Waals surface area (Å²) in [6.07, 6.45) is 2.34. The highest BCUT2D eigenvalue weighted by Crippen LogP contribution is 2.85. The number of fused-ring (bicyclic) bond motifs is 2. The Kier molecular flexibility index (Phi) is 1.12. The van der Waals surface area contributed by atoms with Crippen LogP contribution < -0.4 is 0 Å². The predicted octanol–water partition coefficient (Wildman–Crippen LogP) is 2.19. The SMILES string of the molecule is OCC12CC1(c1cc3ccccc3[nH]1)C2. The summed E-state index contributed by atoms with van der Waals surface area (Å²) in [7, 11) is 0. The van der Waals surface area contributed by atoms with E-state index in [1.165, 1.54) is 29.4 Å². The van der Waals surface area contributed by atoms with Crippen molar-refractivity contribution in [3.63, 3.8) is 0 Å². The molecule has 1 aromatic heterocycles. The molecule has 0 spiro atoms. The van der Waals surface area contributed by atoms with Crippen molar-refractivity contribution in [3.05, 3.63) is 36.0 Å². The summed E-state index contributed by atoms with van der Waals surface area (Å²) in [6.45, 7) is 0.350. The largest absolute Gasteiger partial charge is 0.396 e. The summed E-state index contributed by atoms with van der Waals surface area (Å²) in [6, 6.07) is 10.6. The van der Waals surface area contributed by atoms with Crippen LogP contribution in [0.2, 0.25) is 0 Å². The molecule has 2 heteroatoms. The number of aliphatic hydroxyl groups is 1. The summed E-state index contributed by atoms with van der Waals surface area (Å²) in [5, 5.41) is 10.6. The van der Waals surface area contributed by atoms with E-state index in [9.17, 15) is 5.11 Å². The number of nitrogens with one attached hydrogen (secondary N) is 1. The number of H-pyrrole nitrogens is 1. The van der Waals surface area contributed by atoms with Crippen molar-refractivity contribution in [2.45, 2.75) is 18.3 Å². The van der Waals surface area contributed by atoms with E-state index in [2.05, 4.69) is 35.3 Å². The number of benzene rings is 1. The maximum Gasteiger partial charge on any atom is 0.0497 e. The standard InChI is InChI=1S/C13H13NO/c15-8-12-6-13(12,7-12)11-5-9-3-1-2-4-10(9)14-11/h1-5,14-15H,6-8H2. The number of aliphatic hydroxyl groups excluding tert-OH is 1. The molecule has 2 N–H and O–H groups in total. The van der Waals surface area contributed by atoms with Gasteiger partial charge in [0, 0.05) is 28.6 Å². The van der Waals surface area contributed by atoms with Crippen molar-refractivity contribution in [1.29, 1.82) is 0 Å². The zero-order valence-corrected chi connectivity index (χ0v) is 8.46. The van der Waals surface area contributed by atoms with Gasteiger partial charge < -0.3 is 10.1 Å². The van der Waals surface area contributed by atoms with Gasteiger partial charge in [-0.1, -0.05) is 18.2 Å². The molecule has 2 nitrogen and oxygen atoms in total. The summed E-state index contributed by atoms with van der Waals surface area (Å²) in [5.74, 6) is 0. The second-order valence-corrected chi connectivity index (χ2v) is 5.14. The van der Waals surface area contributed by atoms with E-state index in [4.69, 9.17) is 0 Å². The lowest BCUT2D eigenvalue weighted by atomic mass is 10.1. The maximum absolute atomic E-state index is 9.29. The Balaban J connectivity index is 1.85. The van der Waals surface area contributed by atoms with Crippen LogP contribution in [0.3, 0.4) is 0 Å². The van der Waals surface area contributed by atoms with Gasteiger partial charge in [-0.3, -0.25) is 0 Å². The summed E-state index contributed by atoms with van der Waals surface area (Å²) in [5.41, 5.74) is 3.12. The van der Waals surface area contributed by atoms with Gasteiger partial charge in [0.05, 0.1) is 0 Å². The first-order chi connectivity index (χ1) is 7.30. The van der Waals surface area contributed by atoms with Crippen molar-refractivity contribution < 1.29 is 5.11 Å². The molecule has 0 atom stereocenters. The molecule has 0 radical (unpaired) electrons. The number of hydrogen-bond acceptors (Lipinski definition) is 1. The molecular weight excluding hydrogens is 186 g/mol. The molecule has 0 bridgehead atoms. The van der Waals surface area contributed by atoms with E-state index in [1.807, 2.05) is 0 Å². The molecule has 2 aliphatic rings. The third-order valence-electron chi connectivity index (χ3n) is 4.39. The van der Waals surface area contributed by atoms with Gasteiger partial charge in [-0.25, -0.2) is 0 Å². The number of rotatable bonds is 2. The van der Waals surface area contributed by atoms with Crippen LogP contribution >= 0.6 is 0 Å². The van der Waals surface area contributed by atoms with Gasteiger partial charge >= 0.3 is 0 Å².